The topological polar surface area (TPSA) is 59.6 Å². The standard InChI is InChI=1S/C16H19N3O2S/c1-19-16(17-12-6-4-3-5-7-12)22-15(18-19)11-8-9-14(21-2)13(20)10-11/h3-4,8-10,12,20H,5-7H2,1-2H3. The second-order valence-electron chi connectivity index (χ2n) is 5.27. The molecule has 6 heteroatoms. The molecule has 0 saturated heterocycles. The van der Waals surface area contributed by atoms with Crippen LogP contribution in [0.1, 0.15) is 19.3 Å². The number of rotatable bonds is 3. The number of phenolic OH excluding ortho intramolecular Hbond substituents is 1. The molecular weight excluding hydrogens is 298 g/mol. The summed E-state index contributed by atoms with van der Waals surface area (Å²) in [5.74, 6) is 0.581. The molecule has 0 bridgehead atoms. The van der Waals surface area contributed by atoms with Gasteiger partial charge in [-0.3, -0.25) is 4.99 Å². The summed E-state index contributed by atoms with van der Waals surface area (Å²) in [4.78, 5) is 5.71. The first-order chi connectivity index (χ1) is 10.7. The van der Waals surface area contributed by atoms with E-state index in [-0.39, 0.29) is 5.75 Å². The van der Waals surface area contributed by atoms with Gasteiger partial charge in [-0.2, -0.15) is 5.10 Å². The molecule has 3 rings (SSSR count). The molecule has 0 radical (unpaired) electrons. The summed E-state index contributed by atoms with van der Waals surface area (Å²) in [6.45, 7) is 0. The molecule has 116 valence electrons. The number of benzene rings is 1. The van der Waals surface area contributed by atoms with Gasteiger partial charge in [0.05, 0.1) is 13.2 Å². The fourth-order valence-corrected chi connectivity index (χ4v) is 3.41. The van der Waals surface area contributed by atoms with Crippen molar-refractivity contribution in [2.24, 2.45) is 12.0 Å². The van der Waals surface area contributed by atoms with E-state index < -0.39 is 0 Å². The van der Waals surface area contributed by atoms with Gasteiger partial charge in [0.15, 0.2) is 11.5 Å². The number of nitrogens with zero attached hydrogens (tertiary/aromatic N) is 3. The molecule has 1 aromatic carbocycles. The predicted octanol–water partition coefficient (Wildman–Crippen LogP) is 2.87. The van der Waals surface area contributed by atoms with Gasteiger partial charge in [-0.1, -0.05) is 23.5 Å². The Kier molecular flexibility index (Phi) is 4.29. The fourth-order valence-electron chi connectivity index (χ4n) is 2.45. The van der Waals surface area contributed by atoms with E-state index in [1.165, 1.54) is 18.4 Å². The van der Waals surface area contributed by atoms with Crippen LogP contribution in [0.25, 0.3) is 10.6 Å². The van der Waals surface area contributed by atoms with Crippen molar-refractivity contribution in [1.29, 1.82) is 0 Å². The highest BCUT2D eigenvalue weighted by molar-refractivity contribution is 7.12. The maximum Gasteiger partial charge on any atom is 0.203 e. The second kappa shape index (κ2) is 6.36. The summed E-state index contributed by atoms with van der Waals surface area (Å²) in [5, 5.41) is 15.3. The van der Waals surface area contributed by atoms with Crippen molar-refractivity contribution < 1.29 is 9.84 Å². The maximum atomic E-state index is 9.90. The number of aryl methyl sites for hydroxylation is 1. The van der Waals surface area contributed by atoms with Crippen molar-refractivity contribution in [3.05, 3.63) is 35.2 Å². The third-order valence-corrected chi connectivity index (χ3v) is 4.73. The van der Waals surface area contributed by atoms with Crippen molar-refractivity contribution in [3.8, 4) is 22.1 Å². The van der Waals surface area contributed by atoms with Gasteiger partial charge in [-0.25, -0.2) is 4.68 Å². The average molecular weight is 317 g/mol. The lowest BCUT2D eigenvalue weighted by atomic mass is 10.0. The van der Waals surface area contributed by atoms with E-state index in [0.717, 1.165) is 34.6 Å². The Bertz CT molecular complexity index is 761. The van der Waals surface area contributed by atoms with Crippen LogP contribution in [0, 0.1) is 0 Å². The quantitative estimate of drug-likeness (QED) is 0.886. The summed E-state index contributed by atoms with van der Waals surface area (Å²) >= 11 is 1.54. The van der Waals surface area contributed by atoms with Gasteiger partial charge in [0.1, 0.15) is 5.01 Å². The van der Waals surface area contributed by atoms with E-state index in [1.807, 2.05) is 13.1 Å². The molecule has 1 N–H and O–H groups in total. The van der Waals surface area contributed by atoms with Crippen molar-refractivity contribution in [2.45, 2.75) is 25.3 Å². The molecule has 0 saturated carbocycles. The summed E-state index contributed by atoms with van der Waals surface area (Å²) < 4.78 is 6.87. The maximum absolute atomic E-state index is 9.90. The third kappa shape index (κ3) is 3.06. The van der Waals surface area contributed by atoms with Gasteiger partial charge in [-0.15, -0.1) is 0 Å². The van der Waals surface area contributed by atoms with Crippen LogP contribution >= 0.6 is 11.3 Å². The molecule has 1 aliphatic carbocycles. The number of phenols is 1. The lowest BCUT2D eigenvalue weighted by Gasteiger charge is -2.11. The summed E-state index contributed by atoms with van der Waals surface area (Å²) in [7, 11) is 3.44. The van der Waals surface area contributed by atoms with E-state index in [1.54, 1.807) is 16.8 Å². The number of aromatic nitrogens is 2. The number of hydrogen-bond acceptors (Lipinski definition) is 5. The molecule has 1 atom stereocenters. The lowest BCUT2D eigenvalue weighted by molar-refractivity contribution is 0.373. The molecular formula is C16H19N3O2S. The fraction of sp³-hybridized carbons (Fsp3) is 0.375. The number of hydrogen-bond donors (Lipinski definition) is 1. The van der Waals surface area contributed by atoms with Crippen LogP contribution in [0.2, 0.25) is 0 Å². The smallest absolute Gasteiger partial charge is 0.203 e. The Morgan fingerprint density at radius 3 is 2.95 bits per heavy atom. The van der Waals surface area contributed by atoms with Gasteiger partial charge < -0.3 is 9.84 Å². The molecule has 0 fully saturated rings. The van der Waals surface area contributed by atoms with Gasteiger partial charge in [-0.05, 0) is 37.5 Å². The molecule has 1 heterocycles. The van der Waals surface area contributed by atoms with E-state index >= 15 is 0 Å². The Balaban J connectivity index is 1.93. The minimum atomic E-state index is 0.119. The predicted molar refractivity (Wildman–Crippen MR) is 87.1 cm³/mol. The third-order valence-electron chi connectivity index (χ3n) is 3.67. The van der Waals surface area contributed by atoms with E-state index in [0.29, 0.717) is 11.8 Å². The molecule has 1 aromatic heterocycles. The summed E-state index contributed by atoms with van der Waals surface area (Å²) in [6, 6.07) is 5.65. The van der Waals surface area contributed by atoms with Crippen LogP contribution in [0.15, 0.2) is 35.3 Å². The Morgan fingerprint density at radius 1 is 1.41 bits per heavy atom. The van der Waals surface area contributed by atoms with Crippen LogP contribution in [-0.2, 0) is 7.05 Å². The zero-order valence-electron chi connectivity index (χ0n) is 12.7. The van der Waals surface area contributed by atoms with Gasteiger partial charge in [0.2, 0.25) is 4.80 Å². The highest BCUT2D eigenvalue weighted by Gasteiger charge is 2.11. The van der Waals surface area contributed by atoms with Crippen LogP contribution in [0.3, 0.4) is 0 Å². The minimum Gasteiger partial charge on any atom is -0.504 e. The van der Waals surface area contributed by atoms with Gasteiger partial charge in [0.25, 0.3) is 0 Å². The molecule has 1 aliphatic rings. The first-order valence-corrected chi connectivity index (χ1v) is 8.09. The van der Waals surface area contributed by atoms with E-state index in [4.69, 9.17) is 9.73 Å². The Labute approximate surface area is 133 Å². The molecule has 2 aromatic rings. The second-order valence-corrected chi connectivity index (χ2v) is 6.22. The average Bonchev–Trinajstić information content (AvgIpc) is 2.89. The largest absolute Gasteiger partial charge is 0.504 e. The van der Waals surface area contributed by atoms with Crippen molar-refractivity contribution >= 4 is 11.3 Å². The lowest BCUT2D eigenvalue weighted by Crippen LogP contribution is -2.17. The normalized spacial score (nSPS) is 18.6. The number of allylic oxidation sites excluding steroid dienone is 1. The van der Waals surface area contributed by atoms with Crippen LogP contribution in [0.5, 0.6) is 11.5 Å². The SMILES string of the molecule is COc1ccc(-c2nn(C)c(=NC3CC=CCC3)s2)cc1O. The Hall–Kier alpha value is -2.08. The highest BCUT2D eigenvalue weighted by Crippen LogP contribution is 2.31. The Morgan fingerprint density at radius 2 is 2.27 bits per heavy atom. The number of ether oxygens (including phenoxy) is 1. The summed E-state index contributed by atoms with van der Waals surface area (Å²) in [6.07, 6.45) is 7.59. The van der Waals surface area contributed by atoms with Crippen molar-refractivity contribution in [2.75, 3.05) is 7.11 Å². The molecule has 0 spiro atoms. The van der Waals surface area contributed by atoms with Crippen molar-refractivity contribution in [3.63, 3.8) is 0 Å². The molecule has 5 nitrogen and oxygen atoms in total. The van der Waals surface area contributed by atoms with Crippen LogP contribution < -0.4 is 9.54 Å². The molecule has 0 aliphatic heterocycles. The summed E-state index contributed by atoms with van der Waals surface area (Å²) in [5.41, 5.74) is 0.865. The first-order valence-electron chi connectivity index (χ1n) is 7.27. The van der Waals surface area contributed by atoms with Crippen molar-refractivity contribution in [1.82, 2.24) is 9.78 Å². The van der Waals surface area contributed by atoms with E-state index in [2.05, 4.69) is 17.3 Å². The first kappa shape index (κ1) is 14.8. The van der Waals surface area contributed by atoms with Crippen LogP contribution in [0.4, 0.5) is 0 Å². The zero-order chi connectivity index (χ0) is 15.5. The monoisotopic (exact) mass is 317 g/mol. The van der Waals surface area contributed by atoms with Gasteiger partial charge >= 0.3 is 0 Å². The number of methoxy groups -OCH3 is 1. The number of aromatic hydroxyl groups is 1. The molecule has 0 amide bonds. The highest BCUT2D eigenvalue weighted by atomic mass is 32.1. The minimum absolute atomic E-state index is 0.119. The van der Waals surface area contributed by atoms with Gasteiger partial charge in [0, 0.05) is 12.6 Å². The van der Waals surface area contributed by atoms with E-state index in [9.17, 15) is 5.11 Å². The molecule has 22 heavy (non-hydrogen) atoms. The molecule has 1 unspecified atom stereocenters. The van der Waals surface area contributed by atoms with Crippen LogP contribution in [-0.4, -0.2) is 28.0 Å². The zero-order valence-corrected chi connectivity index (χ0v) is 13.5.